The number of imidazole rings is 1. The summed E-state index contributed by atoms with van der Waals surface area (Å²) in [4.78, 5) is 4.87. The summed E-state index contributed by atoms with van der Waals surface area (Å²) in [5.41, 5.74) is 3.48. The highest BCUT2D eigenvalue weighted by Gasteiger charge is 2.12. The smallest absolute Gasteiger partial charge is 0.141 e. The monoisotopic (exact) mass is 356 g/mol. The van der Waals surface area contributed by atoms with Crippen LogP contribution in [0.4, 0.5) is 0 Å². The number of hydrogen-bond acceptors (Lipinski definition) is 1. The standard InChI is InChI=1S/C19H21BrN2/c1-2-3-4-7-13-22-18-12-6-5-11-17(18)21-19(22)15-9-8-10-16(20)14-15/h5-6,8-12,14H,2-4,7,13H2,1H3. The van der Waals surface area contributed by atoms with E-state index in [1.54, 1.807) is 0 Å². The van der Waals surface area contributed by atoms with Gasteiger partial charge in [-0.3, -0.25) is 0 Å². The zero-order valence-corrected chi connectivity index (χ0v) is 14.5. The van der Waals surface area contributed by atoms with Gasteiger partial charge >= 0.3 is 0 Å². The first-order valence-corrected chi connectivity index (χ1v) is 8.80. The molecule has 0 N–H and O–H groups in total. The molecule has 1 aromatic heterocycles. The van der Waals surface area contributed by atoms with Gasteiger partial charge < -0.3 is 4.57 Å². The lowest BCUT2D eigenvalue weighted by Gasteiger charge is -2.09. The molecule has 0 amide bonds. The van der Waals surface area contributed by atoms with Crippen molar-refractivity contribution in [2.75, 3.05) is 0 Å². The van der Waals surface area contributed by atoms with Crippen LogP contribution in [0.2, 0.25) is 0 Å². The average Bonchev–Trinajstić information content (AvgIpc) is 2.90. The first-order chi connectivity index (χ1) is 10.8. The van der Waals surface area contributed by atoms with Crippen molar-refractivity contribution in [3.05, 3.63) is 53.0 Å². The summed E-state index contributed by atoms with van der Waals surface area (Å²) < 4.78 is 3.46. The van der Waals surface area contributed by atoms with Crippen molar-refractivity contribution in [1.82, 2.24) is 9.55 Å². The molecule has 0 aliphatic heterocycles. The molecule has 0 atom stereocenters. The molecule has 2 aromatic carbocycles. The van der Waals surface area contributed by atoms with E-state index in [9.17, 15) is 0 Å². The van der Waals surface area contributed by atoms with E-state index < -0.39 is 0 Å². The molecule has 3 rings (SSSR count). The summed E-state index contributed by atoms with van der Waals surface area (Å²) in [6.45, 7) is 3.28. The Hall–Kier alpha value is -1.61. The van der Waals surface area contributed by atoms with Gasteiger partial charge in [0.2, 0.25) is 0 Å². The van der Waals surface area contributed by atoms with Crippen LogP contribution in [0.15, 0.2) is 53.0 Å². The number of fused-ring (bicyclic) bond motifs is 1. The van der Waals surface area contributed by atoms with Gasteiger partial charge in [-0.2, -0.15) is 0 Å². The molecule has 2 nitrogen and oxygen atoms in total. The van der Waals surface area contributed by atoms with E-state index in [0.717, 1.165) is 22.4 Å². The van der Waals surface area contributed by atoms with E-state index in [1.165, 1.54) is 36.8 Å². The fourth-order valence-electron chi connectivity index (χ4n) is 2.85. The Morgan fingerprint density at radius 1 is 1.00 bits per heavy atom. The zero-order chi connectivity index (χ0) is 15.4. The van der Waals surface area contributed by atoms with Crippen molar-refractivity contribution in [2.45, 2.75) is 39.2 Å². The van der Waals surface area contributed by atoms with E-state index >= 15 is 0 Å². The molecule has 0 saturated heterocycles. The van der Waals surface area contributed by atoms with Crippen LogP contribution in [0.1, 0.15) is 32.6 Å². The van der Waals surface area contributed by atoms with Crippen LogP contribution >= 0.6 is 15.9 Å². The van der Waals surface area contributed by atoms with Gasteiger partial charge in [0.25, 0.3) is 0 Å². The quantitative estimate of drug-likeness (QED) is 0.491. The molecule has 0 unspecified atom stereocenters. The lowest BCUT2D eigenvalue weighted by atomic mass is 10.2. The number of benzene rings is 2. The number of para-hydroxylation sites is 2. The van der Waals surface area contributed by atoms with Crippen LogP contribution in [0.25, 0.3) is 22.4 Å². The predicted molar refractivity (Wildman–Crippen MR) is 97.0 cm³/mol. The van der Waals surface area contributed by atoms with Gasteiger partial charge in [-0.25, -0.2) is 4.98 Å². The van der Waals surface area contributed by atoms with E-state index in [2.05, 4.69) is 76.0 Å². The summed E-state index contributed by atoms with van der Waals surface area (Å²) in [5, 5.41) is 0. The highest BCUT2D eigenvalue weighted by Crippen LogP contribution is 2.27. The van der Waals surface area contributed by atoms with Gasteiger partial charge in [0, 0.05) is 16.6 Å². The summed E-state index contributed by atoms with van der Waals surface area (Å²) in [5.74, 6) is 1.07. The van der Waals surface area contributed by atoms with Crippen LogP contribution in [-0.2, 0) is 6.54 Å². The van der Waals surface area contributed by atoms with Gasteiger partial charge in [0.05, 0.1) is 11.0 Å². The predicted octanol–water partition coefficient (Wildman–Crippen LogP) is 6.05. The molecule has 0 fully saturated rings. The highest BCUT2D eigenvalue weighted by molar-refractivity contribution is 9.10. The minimum absolute atomic E-state index is 1.03. The molecule has 22 heavy (non-hydrogen) atoms. The first kappa shape index (κ1) is 15.3. The molecule has 114 valence electrons. The summed E-state index contributed by atoms with van der Waals surface area (Å²) >= 11 is 3.56. The van der Waals surface area contributed by atoms with E-state index in [1.807, 2.05) is 0 Å². The third kappa shape index (κ3) is 3.25. The number of nitrogens with zero attached hydrogens (tertiary/aromatic N) is 2. The van der Waals surface area contributed by atoms with Crippen LogP contribution in [0, 0.1) is 0 Å². The van der Waals surface area contributed by atoms with Gasteiger partial charge in [-0.05, 0) is 30.7 Å². The largest absolute Gasteiger partial charge is 0.324 e. The second kappa shape index (κ2) is 7.10. The Kier molecular flexibility index (Phi) is 4.94. The first-order valence-electron chi connectivity index (χ1n) is 8.01. The minimum atomic E-state index is 1.03. The number of aryl methyl sites for hydroxylation is 1. The van der Waals surface area contributed by atoms with Crippen molar-refractivity contribution in [3.63, 3.8) is 0 Å². The molecule has 1 heterocycles. The van der Waals surface area contributed by atoms with Crippen molar-refractivity contribution in [2.24, 2.45) is 0 Å². The summed E-state index contributed by atoms with van der Waals surface area (Å²) in [7, 11) is 0. The normalized spacial score (nSPS) is 11.2. The van der Waals surface area contributed by atoms with Gasteiger partial charge in [-0.15, -0.1) is 0 Å². The molecule has 3 aromatic rings. The molecule has 0 radical (unpaired) electrons. The van der Waals surface area contributed by atoms with Crippen LogP contribution in [-0.4, -0.2) is 9.55 Å². The maximum atomic E-state index is 4.87. The van der Waals surface area contributed by atoms with Crippen LogP contribution < -0.4 is 0 Å². The molecular weight excluding hydrogens is 336 g/mol. The Balaban J connectivity index is 2.00. The van der Waals surface area contributed by atoms with Crippen LogP contribution in [0.5, 0.6) is 0 Å². The molecule has 0 spiro atoms. The second-order valence-corrected chi connectivity index (χ2v) is 6.56. The van der Waals surface area contributed by atoms with Gasteiger partial charge in [-0.1, -0.05) is 66.4 Å². The number of aromatic nitrogens is 2. The highest BCUT2D eigenvalue weighted by atomic mass is 79.9. The maximum absolute atomic E-state index is 4.87. The lowest BCUT2D eigenvalue weighted by Crippen LogP contribution is -2.01. The summed E-state index contributed by atoms with van der Waals surface area (Å²) in [6, 6.07) is 16.8. The number of halogens is 1. The fraction of sp³-hybridized carbons (Fsp3) is 0.316. The third-order valence-electron chi connectivity index (χ3n) is 3.97. The van der Waals surface area contributed by atoms with E-state index in [0.29, 0.717) is 0 Å². The minimum Gasteiger partial charge on any atom is -0.324 e. The Labute approximate surface area is 140 Å². The molecule has 0 bridgehead atoms. The van der Waals surface area contributed by atoms with E-state index in [4.69, 9.17) is 4.98 Å². The third-order valence-corrected chi connectivity index (χ3v) is 4.47. The van der Waals surface area contributed by atoms with Crippen molar-refractivity contribution < 1.29 is 0 Å². The number of hydrogen-bond donors (Lipinski definition) is 0. The molecule has 0 aliphatic carbocycles. The number of unbranched alkanes of at least 4 members (excludes halogenated alkanes) is 3. The molecule has 0 saturated carbocycles. The zero-order valence-electron chi connectivity index (χ0n) is 12.9. The van der Waals surface area contributed by atoms with Crippen molar-refractivity contribution in [1.29, 1.82) is 0 Å². The lowest BCUT2D eigenvalue weighted by molar-refractivity contribution is 0.594. The Morgan fingerprint density at radius 2 is 1.86 bits per heavy atom. The number of rotatable bonds is 6. The van der Waals surface area contributed by atoms with Gasteiger partial charge in [0.1, 0.15) is 5.82 Å². The van der Waals surface area contributed by atoms with Crippen molar-refractivity contribution in [3.8, 4) is 11.4 Å². The van der Waals surface area contributed by atoms with Gasteiger partial charge in [0.15, 0.2) is 0 Å². The second-order valence-electron chi connectivity index (χ2n) is 5.65. The van der Waals surface area contributed by atoms with Crippen molar-refractivity contribution >= 4 is 27.0 Å². The maximum Gasteiger partial charge on any atom is 0.141 e. The fourth-order valence-corrected chi connectivity index (χ4v) is 3.25. The SMILES string of the molecule is CCCCCCn1c(-c2cccc(Br)c2)nc2ccccc21. The average molecular weight is 357 g/mol. The topological polar surface area (TPSA) is 17.8 Å². The molecular formula is C19H21BrN2. The Morgan fingerprint density at radius 3 is 2.68 bits per heavy atom. The van der Waals surface area contributed by atoms with Crippen LogP contribution in [0.3, 0.4) is 0 Å². The molecule has 0 aliphatic rings. The summed E-state index contributed by atoms with van der Waals surface area (Å²) in [6.07, 6.45) is 5.05. The van der Waals surface area contributed by atoms with E-state index in [-0.39, 0.29) is 0 Å². The Bertz CT molecular complexity index is 761. The molecule has 3 heteroatoms.